The van der Waals surface area contributed by atoms with Crippen LogP contribution < -0.4 is 5.32 Å². The summed E-state index contributed by atoms with van der Waals surface area (Å²) in [5.41, 5.74) is 0. The number of aliphatic hydroxyl groups is 1. The van der Waals surface area contributed by atoms with Crippen molar-refractivity contribution in [3.63, 3.8) is 0 Å². The summed E-state index contributed by atoms with van der Waals surface area (Å²) in [7, 11) is 0. The Kier molecular flexibility index (Phi) is 5.09. The predicted octanol–water partition coefficient (Wildman–Crippen LogP) is 1.70. The van der Waals surface area contributed by atoms with Gasteiger partial charge in [-0.3, -0.25) is 4.79 Å². The van der Waals surface area contributed by atoms with Crippen LogP contribution in [0.3, 0.4) is 0 Å². The van der Waals surface area contributed by atoms with Gasteiger partial charge in [0.25, 0.3) is 0 Å². The van der Waals surface area contributed by atoms with Gasteiger partial charge in [-0.25, -0.2) is 0 Å². The molecule has 0 aromatic rings. The van der Waals surface area contributed by atoms with E-state index in [1.165, 1.54) is 25.7 Å². The molecule has 1 saturated carbocycles. The van der Waals surface area contributed by atoms with Crippen LogP contribution in [0.25, 0.3) is 0 Å². The second-order valence-electron chi connectivity index (χ2n) is 4.87. The van der Waals surface area contributed by atoms with E-state index in [9.17, 15) is 4.79 Å². The first kappa shape index (κ1) is 12.5. The Hall–Kier alpha value is -0.570. The fraction of sp³-hybridized carbons (Fsp3) is 0.917. The maximum absolute atomic E-state index is 11.6. The lowest BCUT2D eigenvalue weighted by Gasteiger charge is -2.20. The number of hydrogen-bond acceptors (Lipinski definition) is 2. The quantitative estimate of drug-likeness (QED) is 0.730. The summed E-state index contributed by atoms with van der Waals surface area (Å²) >= 11 is 0. The lowest BCUT2D eigenvalue weighted by Crippen LogP contribution is -2.38. The van der Waals surface area contributed by atoms with Gasteiger partial charge in [0.15, 0.2) is 0 Å². The Bertz CT molecular complexity index is 200. The van der Waals surface area contributed by atoms with Crippen LogP contribution >= 0.6 is 0 Å². The van der Waals surface area contributed by atoms with E-state index in [1.54, 1.807) is 0 Å². The van der Waals surface area contributed by atoms with Gasteiger partial charge in [0.05, 0.1) is 0 Å². The van der Waals surface area contributed by atoms with Crippen LogP contribution in [0.2, 0.25) is 0 Å². The molecule has 0 heterocycles. The summed E-state index contributed by atoms with van der Waals surface area (Å²) in [5.74, 6) is 0.883. The van der Waals surface area contributed by atoms with Crippen molar-refractivity contribution in [2.45, 2.75) is 52.0 Å². The molecule has 1 aliphatic carbocycles. The van der Waals surface area contributed by atoms with Crippen molar-refractivity contribution in [2.75, 3.05) is 6.61 Å². The first-order valence-electron chi connectivity index (χ1n) is 6.03. The minimum atomic E-state index is 0.0731. The molecule has 2 atom stereocenters. The number of carbonyl (C=O) groups excluding carboxylic acids is 1. The summed E-state index contributed by atoms with van der Waals surface area (Å²) < 4.78 is 0. The molecular weight excluding hydrogens is 190 g/mol. The van der Waals surface area contributed by atoms with Crippen LogP contribution in [0, 0.1) is 11.8 Å². The average molecular weight is 213 g/mol. The molecule has 88 valence electrons. The van der Waals surface area contributed by atoms with Crippen LogP contribution in [0.5, 0.6) is 0 Å². The number of carbonyl (C=O) groups is 1. The molecule has 1 aliphatic rings. The van der Waals surface area contributed by atoms with Gasteiger partial charge in [-0.2, -0.15) is 0 Å². The van der Waals surface area contributed by atoms with Gasteiger partial charge < -0.3 is 10.4 Å². The van der Waals surface area contributed by atoms with Crippen molar-refractivity contribution in [2.24, 2.45) is 11.8 Å². The van der Waals surface area contributed by atoms with E-state index in [2.05, 4.69) is 5.32 Å². The molecule has 1 fully saturated rings. The maximum Gasteiger partial charge on any atom is 0.220 e. The first-order valence-corrected chi connectivity index (χ1v) is 6.03. The zero-order valence-corrected chi connectivity index (χ0v) is 9.83. The number of nitrogens with one attached hydrogen (secondary N) is 1. The van der Waals surface area contributed by atoms with E-state index in [0.29, 0.717) is 12.3 Å². The van der Waals surface area contributed by atoms with E-state index >= 15 is 0 Å². The van der Waals surface area contributed by atoms with E-state index in [-0.39, 0.29) is 24.5 Å². The van der Waals surface area contributed by atoms with Crippen LogP contribution in [-0.2, 0) is 4.79 Å². The summed E-state index contributed by atoms with van der Waals surface area (Å²) in [6, 6.07) is 0.0731. The number of aliphatic hydroxyl groups excluding tert-OH is 1. The Morgan fingerprint density at radius 3 is 2.53 bits per heavy atom. The standard InChI is InChI=1S/C12H23NO2/c1-9(8-14)10(2)13-12(15)7-11-5-3-4-6-11/h9-11,14H,3-8H2,1-2H3,(H,13,15). The normalized spacial score (nSPS) is 21.3. The molecule has 0 aromatic heterocycles. The smallest absolute Gasteiger partial charge is 0.220 e. The molecule has 2 unspecified atom stereocenters. The molecule has 0 spiro atoms. The first-order chi connectivity index (χ1) is 7.13. The Balaban J connectivity index is 2.22. The summed E-state index contributed by atoms with van der Waals surface area (Å²) in [6.45, 7) is 4.03. The Labute approximate surface area is 92.3 Å². The van der Waals surface area contributed by atoms with Gasteiger partial charge in [-0.1, -0.05) is 19.8 Å². The summed E-state index contributed by atoms with van der Waals surface area (Å²) in [4.78, 5) is 11.6. The SMILES string of the molecule is CC(CO)C(C)NC(=O)CC1CCCC1. The maximum atomic E-state index is 11.6. The molecule has 0 aromatic carbocycles. The average Bonchev–Trinajstić information content (AvgIpc) is 2.68. The molecule has 3 nitrogen and oxygen atoms in total. The molecule has 1 amide bonds. The molecule has 15 heavy (non-hydrogen) atoms. The molecule has 3 heteroatoms. The largest absolute Gasteiger partial charge is 0.396 e. The predicted molar refractivity (Wildman–Crippen MR) is 60.4 cm³/mol. The Morgan fingerprint density at radius 1 is 1.40 bits per heavy atom. The van der Waals surface area contributed by atoms with Crippen molar-refractivity contribution in [1.29, 1.82) is 0 Å². The van der Waals surface area contributed by atoms with Crippen LogP contribution in [0.4, 0.5) is 0 Å². The highest BCUT2D eigenvalue weighted by Gasteiger charge is 2.20. The van der Waals surface area contributed by atoms with E-state index in [4.69, 9.17) is 5.11 Å². The molecule has 0 saturated heterocycles. The molecular formula is C12H23NO2. The third-order valence-electron chi connectivity index (χ3n) is 3.48. The topological polar surface area (TPSA) is 49.3 Å². The van der Waals surface area contributed by atoms with Gasteiger partial charge in [0.2, 0.25) is 5.91 Å². The van der Waals surface area contributed by atoms with Gasteiger partial charge in [0.1, 0.15) is 0 Å². The van der Waals surface area contributed by atoms with Gasteiger partial charge in [-0.15, -0.1) is 0 Å². The van der Waals surface area contributed by atoms with Crippen molar-refractivity contribution in [3.05, 3.63) is 0 Å². The molecule has 2 N–H and O–H groups in total. The summed E-state index contributed by atoms with van der Waals surface area (Å²) in [5, 5.41) is 11.9. The Morgan fingerprint density at radius 2 is 2.00 bits per heavy atom. The van der Waals surface area contributed by atoms with Crippen LogP contribution in [0.1, 0.15) is 46.0 Å². The van der Waals surface area contributed by atoms with Crippen LogP contribution in [-0.4, -0.2) is 23.7 Å². The monoisotopic (exact) mass is 213 g/mol. The second kappa shape index (κ2) is 6.11. The highest BCUT2D eigenvalue weighted by atomic mass is 16.3. The molecule has 1 rings (SSSR count). The van der Waals surface area contributed by atoms with E-state index in [0.717, 1.165) is 0 Å². The molecule has 0 radical (unpaired) electrons. The zero-order chi connectivity index (χ0) is 11.3. The lowest BCUT2D eigenvalue weighted by atomic mass is 10.0. The molecule has 0 bridgehead atoms. The van der Waals surface area contributed by atoms with Crippen molar-refractivity contribution < 1.29 is 9.90 Å². The lowest BCUT2D eigenvalue weighted by molar-refractivity contribution is -0.123. The number of hydrogen-bond donors (Lipinski definition) is 2. The minimum absolute atomic E-state index is 0.0731. The third kappa shape index (κ3) is 4.20. The number of rotatable bonds is 5. The second-order valence-corrected chi connectivity index (χ2v) is 4.87. The minimum Gasteiger partial charge on any atom is -0.396 e. The van der Waals surface area contributed by atoms with Gasteiger partial charge >= 0.3 is 0 Å². The fourth-order valence-electron chi connectivity index (χ4n) is 2.09. The third-order valence-corrected chi connectivity index (χ3v) is 3.48. The van der Waals surface area contributed by atoms with E-state index in [1.807, 2.05) is 13.8 Å². The highest BCUT2D eigenvalue weighted by Crippen LogP contribution is 2.27. The van der Waals surface area contributed by atoms with E-state index < -0.39 is 0 Å². The zero-order valence-electron chi connectivity index (χ0n) is 9.83. The van der Waals surface area contributed by atoms with Gasteiger partial charge in [0, 0.05) is 19.1 Å². The van der Waals surface area contributed by atoms with Crippen molar-refractivity contribution in [3.8, 4) is 0 Å². The van der Waals surface area contributed by atoms with Crippen LogP contribution in [0.15, 0.2) is 0 Å². The highest BCUT2D eigenvalue weighted by molar-refractivity contribution is 5.76. The van der Waals surface area contributed by atoms with Crippen molar-refractivity contribution in [1.82, 2.24) is 5.32 Å². The fourth-order valence-corrected chi connectivity index (χ4v) is 2.09. The number of amides is 1. The summed E-state index contributed by atoms with van der Waals surface area (Å²) in [6.07, 6.45) is 5.64. The molecule has 0 aliphatic heterocycles. The van der Waals surface area contributed by atoms with Crippen molar-refractivity contribution >= 4 is 5.91 Å². The van der Waals surface area contributed by atoms with Gasteiger partial charge in [-0.05, 0) is 31.6 Å².